The highest BCUT2D eigenvalue weighted by molar-refractivity contribution is 7.80. The third-order valence-corrected chi connectivity index (χ3v) is 2.08. The van der Waals surface area contributed by atoms with Crippen molar-refractivity contribution in [2.45, 2.75) is 12.1 Å². The molecule has 0 atom stereocenters. The normalized spacial score (nSPS) is 10.5. The number of hydrogen-bond donors (Lipinski definition) is 1. The van der Waals surface area contributed by atoms with Crippen molar-refractivity contribution in [3.8, 4) is 0 Å². The number of oxazole rings is 1. The van der Waals surface area contributed by atoms with Crippen molar-refractivity contribution in [1.29, 1.82) is 0 Å². The van der Waals surface area contributed by atoms with Gasteiger partial charge in [-0.3, -0.25) is 0 Å². The maximum Gasteiger partial charge on any atom is 0.338 e. The predicted molar refractivity (Wildman–Crippen MR) is 57.2 cm³/mol. The Labute approximate surface area is 91.7 Å². The van der Waals surface area contributed by atoms with Gasteiger partial charge < -0.3 is 9.15 Å². The molecule has 2 aromatic rings. The molecule has 15 heavy (non-hydrogen) atoms. The van der Waals surface area contributed by atoms with Gasteiger partial charge in [0.1, 0.15) is 5.52 Å². The molecule has 0 saturated heterocycles. The second-order valence-corrected chi connectivity index (χ2v) is 3.28. The van der Waals surface area contributed by atoms with Gasteiger partial charge in [0, 0.05) is 0 Å². The Bertz CT molecular complexity index is 506. The zero-order chi connectivity index (χ0) is 10.8. The van der Waals surface area contributed by atoms with E-state index in [0.29, 0.717) is 23.3 Å². The van der Waals surface area contributed by atoms with E-state index in [0.717, 1.165) is 0 Å². The zero-order valence-corrected chi connectivity index (χ0v) is 8.95. The average molecular weight is 223 g/mol. The number of nitrogens with zero attached hydrogens (tertiary/aromatic N) is 1. The van der Waals surface area contributed by atoms with Crippen molar-refractivity contribution in [3.63, 3.8) is 0 Å². The van der Waals surface area contributed by atoms with Crippen LogP contribution in [0.3, 0.4) is 0 Å². The Morgan fingerprint density at radius 1 is 1.60 bits per heavy atom. The molecule has 0 fully saturated rings. The van der Waals surface area contributed by atoms with Gasteiger partial charge in [0.25, 0.3) is 5.22 Å². The lowest BCUT2D eigenvalue weighted by molar-refractivity contribution is 0.0526. The molecular formula is C10H9NO3S. The molecule has 78 valence electrons. The van der Waals surface area contributed by atoms with Crippen LogP contribution in [0.4, 0.5) is 0 Å². The number of carbonyl (C=O) groups is 1. The highest BCUT2D eigenvalue weighted by Crippen LogP contribution is 2.19. The summed E-state index contributed by atoms with van der Waals surface area (Å²) >= 11 is 3.98. The van der Waals surface area contributed by atoms with Crippen molar-refractivity contribution in [1.82, 2.24) is 4.98 Å². The van der Waals surface area contributed by atoms with Crippen LogP contribution in [0.1, 0.15) is 17.3 Å². The smallest absolute Gasteiger partial charge is 0.338 e. The van der Waals surface area contributed by atoms with Gasteiger partial charge in [0.05, 0.1) is 12.2 Å². The molecule has 4 nitrogen and oxygen atoms in total. The van der Waals surface area contributed by atoms with E-state index in [4.69, 9.17) is 9.15 Å². The van der Waals surface area contributed by atoms with Crippen molar-refractivity contribution in [2.75, 3.05) is 6.61 Å². The molecule has 0 saturated carbocycles. The van der Waals surface area contributed by atoms with Crippen molar-refractivity contribution in [2.24, 2.45) is 0 Å². The van der Waals surface area contributed by atoms with Gasteiger partial charge in [0.2, 0.25) is 0 Å². The van der Waals surface area contributed by atoms with Crippen molar-refractivity contribution >= 4 is 29.7 Å². The molecular weight excluding hydrogens is 214 g/mol. The zero-order valence-electron chi connectivity index (χ0n) is 8.06. The third kappa shape index (κ3) is 1.97. The lowest BCUT2D eigenvalue weighted by atomic mass is 10.2. The quantitative estimate of drug-likeness (QED) is 0.627. The van der Waals surface area contributed by atoms with Crippen LogP contribution in [0.2, 0.25) is 0 Å². The third-order valence-electron chi connectivity index (χ3n) is 1.89. The molecule has 1 heterocycles. The van der Waals surface area contributed by atoms with E-state index in [-0.39, 0.29) is 11.2 Å². The summed E-state index contributed by atoms with van der Waals surface area (Å²) in [5.41, 5.74) is 1.66. The minimum Gasteiger partial charge on any atom is -0.462 e. The number of aromatic nitrogens is 1. The van der Waals surface area contributed by atoms with E-state index >= 15 is 0 Å². The van der Waals surface area contributed by atoms with Gasteiger partial charge in [-0.25, -0.2) is 9.78 Å². The van der Waals surface area contributed by atoms with E-state index in [9.17, 15) is 4.79 Å². The second kappa shape index (κ2) is 3.94. The van der Waals surface area contributed by atoms with Gasteiger partial charge in [-0.2, -0.15) is 0 Å². The molecule has 2 rings (SSSR count). The van der Waals surface area contributed by atoms with Crippen LogP contribution >= 0.6 is 12.6 Å². The highest BCUT2D eigenvalue weighted by atomic mass is 32.1. The summed E-state index contributed by atoms with van der Waals surface area (Å²) in [4.78, 5) is 15.4. The molecule has 0 aliphatic carbocycles. The monoisotopic (exact) mass is 223 g/mol. The Morgan fingerprint density at radius 2 is 2.40 bits per heavy atom. The molecule has 0 bridgehead atoms. The van der Waals surface area contributed by atoms with Crippen LogP contribution in [0, 0.1) is 0 Å². The Kier molecular flexibility index (Phi) is 2.64. The molecule has 0 unspecified atom stereocenters. The number of thiol groups is 1. The van der Waals surface area contributed by atoms with E-state index in [1.807, 2.05) is 0 Å². The average Bonchev–Trinajstić information content (AvgIpc) is 2.57. The fraction of sp³-hybridized carbons (Fsp3) is 0.200. The molecule has 0 spiro atoms. The first-order valence-electron chi connectivity index (χ1n) is 4.47. The number of rotatable bonds is 2. The Morgan fingerprint density at radius 3 is 3.13 bits per heavy atom. The summed E-state index contributed by atoms with van der Waals surface area (Å²) in [5, 5.41) is 0.283. The molecule has 0 amide bonds. The van der Waals surface area contributed by atoms with Crippen LogP contribution in [-0.4, -0.2) is 17.6 Å². The molecule has 1 aromatic heterocycles. The minimum atomic E-state index is -0.364. The Hall–Kier alpha value is -1.49. The first kappa shape index (κ1) is 10.0. The minimum absolute atomic E-state index is 0.283. The van der Waals surface area contributed by atoms with Crippen LogP contribution in [-0.2, 0) is 4.74 Å². The van der Waals surface area contributed by atoms with Gasteiger partial charge in [-0.1, -0.05) is 12.6 Å². The van der Waals surface area contributed by atoms with E-state index in [1.54, 1.807) is 25.1 Å². The lowest BCUT2D eigenvalue weighted by Crippen LogP contribution is -2.03. The van der Waals surface area contributed by atoms with Crippen LogP contribution in [0.15, 0.2) is 27.8 Å². The van der Waals surface area contributed by atoms with Crippen molar-refractivity contribution in [3.05, 3.63) is 23.8 Å². The van der Waals surface area contributed by atoms with Crippen molar-refractivity contribution < 1.29 is 13.9 Å². The standard InChI is InChI=1S/C10H9NO3S/c1-2-13-9(12)6-3-4-7-8(5-6)14-10(15)11-7/h3-5H,2H2,1H3,(H,11,15). The van der Waals surface area contributed by atoms with E-state index < -0.39 is 0 Å². The number of benzene rings is 1. The molecule has 1 aromatic carbocycles. The summed E-state index contributed by atoms with van der Waals surface area (Å²) in [6.07, 6.45) is 0. The Balaban J connectivity index is 2.41. The van der Waals surface area contributed by atoms with E-state index in [2.05, 4.69) is 17.6 Å². The summed E-state index contributed by atoms with van der Waals surface area (Å²) in [6, 6.07) is 4.95. The maximum absolute atomic E-state index is 11.4. The van der Waals surface area contributed by atoms with Gasteiger partial charge in [0.15, 0.2) is 5.58 Å². The molecule has 0 aliphatic rings. The second-order valence-electron chi connectivity index (χ2n) is 2.90. The van der Waals surface area contributed by atoms with Crippen LogP contribution in [0.25, 0.3) is 11.1 Å². The molecule has 0 aliphatic heterocycles. The van der Waals surface area contributed by atoms with Gasteiger partial charge >= 0.3 is 5.97 Å². The molecule has 0 radical (unpaired) electrons. The fourth-order valence-electron chi connectivity index (χ4n) is 1.25. The maximum atomic E-state index is 11.4. The topological polar surface area (TPSA) is 52.3 Å². The predicted octanol–water partition coefficient (Wildman–Crippen LogP) is 2.29. The SMILES string of the molecule is CCOC(=O)c1ccc2nc(S)oc2c1. The fourth-order valence-corrected chi connectivity index (χ4v) is 1.46. The largest absolute Gasteiger partial charge is 0.462 e. The summed E-state index contributed by atoms with van der Waals surface area (Å²) in [5.74, 6) is -0.364. The number of fused-ring (bicyclic) bond motifs is 1. The first-order chi connectivity index (χ1) is 7.20. The summed E-state index contributed by atoms with van der Waals surface area (Å²) in [7, 11) is 0. The van der Waals surface area contributed by atoms with Crippen LogP contribution in [0.5, 0.6) is 0 Å². The number of carbonyl (C=O) groups excluding carboxylic acids is 1. The van der Waals surface area contributed by atoms with E-state index in [1.165, 1.54) is 0 Å². The van der Waals surface area contributed by atoms with Gasteiger partial charge in [-0.05, 0) is 25.1 Å². The number of ether oxygens (including phenoxy) is 1. The lowest BCUT2D eigenvalue weighted by Gasteiger charge is -2.00. The summed E-state index contributed by atoms with van der Waals surface area (Å²) in [6.45, 7) is 2.11. The highest BCUT2D eigenvalue weighted by Gasteiger charge is 2.09. The molecule has 5 heteroatoms. The first-order valence-corrected chi connectivity index (χ1v) is 4.92. The summed E-state index contributed by atoms with van der Waals surface area (Å²) < 4.78 is 10.0. The number of hydrogen-bond acceptors (Lipinski definition) is 5. The van der Waals surface area contributed by atoms with Crippen LogP contribution < -0.4 is 0 Å². The van der Waals surface area contributed by atoms with Gasteiger partial charge in [-0.15, -0.1) is 0 Å². The molecule has 0 N–H and O–H groups in total. The number of esters is 1.